The maximum atomic E-state index is 12.5. The first-order valence-corrected chi connectivity index (χ1v) is 7.63. The summed E-state index contributed by atoms with van der Waals surface area (Å²) in [6.07, 6.45) is 5.73. The van der Waals surface area contributed by atoms with E-state index >= 15 is 0 Å². The topological polar surface area (TPSA) is 57.6 Å². The number of carbonyl (C=O) groups is 2. The number of rotatable bonds is 4. The summed E-state index contributed by atoms with van der Waals surface area (Å²) in [4.78, 5) is 25.1. The van der Waals surface area contributed by atoms with Gasteiger partial charge in [0.2, 0.25) is 0 Å². The van der Waals surface area contributed by atoms with Gasteiger partial charge in [0.15, 0.2) is 0 Å². The number of hydrogen-bond acceptors (Lipinski definition) is 2. The monoisotopic (exact) mass is 289 g/mol. The van der Waals surface area contributed by atoms with Crippen LogP contribution in [0.3, 0.4) is 0 Å². The smallest absolute Gasteiger partial charge is 0.335 e. The number of carbonyl (C=O) groups excluding carboxylic acids is 1. The molecule has 1 aliphatic carbocycles. The van der Waals surface area contributed by atoms with Crippen LogP contribution in [0.1, 0.15) is 59.7 Å². The highest BCUT2D eigenvalue weighted by Gasteiger charge is 2.26. The fourth-order valence-electron chi connectivity index (χ4n) is 3.07. The van der Waals surface area contributed by atoms with Gasteiger partial charge >= 0.3 is 5.97 Å². The summed E-state index contributed by atoms with van der Waals surface area (Å²) in [6, 6.07) is 6.47. The normalized spacial score (nSPS) is 21.8. The Labute approximate surface area is 125 Å². The fourth-order valence-corrected chi connectivity index (χ4v) is 3.07. The molecule has 0 radical (unpaired) electrons. The Balaban J connectivity index is 2.00. The van der Waals surface area contributed by atoms with Crippen molar-refractivity contribution in [1.29, 1.82) is 0 Å². The first-order chi connectivity index (χ1) is 10.0. The third-order valence-electron chi connectivity index (χ3n) is 4.64. The highest BCUT2D eigenvalue weighted by atomic mass is 16.4. The molecule has 1 amide bonds. The van der Waals surface area contributed by atoms with E-state index in [1.165, 1.54) is 31.4 Å². The Kier molecular flexibility index (Phi) is 4.99. The molecule has 0 bridgehead atoms. The molecule has 0 saturated heterocycles. The Morgan fingerprint density at radius 3 is 2.10 bits per heavy atom. The first-order valence-electron chi connectivity index (χ1n) is 7.63. The highest BCUT2D eigenvalue weighted by Crippen LogP contribution is 2.29. The molecule has 0 atom stereocenters. The summed E-state index contributed by atoms with van der Waals surface area (Å²) in [7, 11) is 1.85. The predicted molar refractivity (Wildman–Crippen MR) is 81.5 cm³/mol. The molecule has 4 nitrogen and oxygen atoms in total. The van der Waals surface area contributed by atoms with Gasteiger partial charge in [-0.25, -0.2) is 4.79 Å². The molecule has 1 fully saturated rings. The van der Waals surface area contributed by atoms with Crippen molar-refractivity contribution in [3.05, 3.63) is 35.4 Å². The first kappa shape index (κ1) is 15.5. The summed E-state index contributed by atoms with van der Waals surface area (Å²) in [5.41, 5.74) is 0.762. The van der Waals surface area contributed by atoms with E-state index in [1.54, 1.807) is 12.1 Å². The maximum absolute atomic E-state index is 12.5. The molecule has 1 aromatic rings. The van der Waals surface area contributed by atoms with E-state index in [0.717, 1.165) is 18.8 Å². The zero-order valence-electron chi connectivity index (χ0n) is 12.7. The number of benzene rings is 1. The second kappa shape index (κ2) is 6.74. The molecule has 0 aliphatic heterocycles. The minimum absolute atomic E-state index is 0.0214. The van der Waals surface area contributed by atoms with E-state index in [1.807, 2.05) is 11.9 Å². The Hall–Kier alpha value is -1.84. The predicted octanol–water partition coefficient (Wildman–Crippen LogP) is 3.43. The van der Waals surface area contributed by atoms with E-state index in [2.05, 4.69) is 6.92 Å². The molecule has 2 rings (SSSR count). The van der Waals surface area contributed by atoms with Crippen LogP contribution in [0, 0.1) is 5.92 Å². The van der Waals surface area contributed by atoms with E-state index in [9.17, 15) is 9.59 Å². The molecule has 0 heterocycles. The summed E-state index contributed by atoms with van der Waals surface area (Å²) in [5, 5.41) is 8.88. The SMILES string of the molecule is CCC1CCC(N(C)C(=O)c2ccc(C(=O)O)cc2)CC1. The maximum Gasteiger partial charge on any atom is 0.335 e. The lowest BCUT2D eigenvalue weighted by Crippen LogP contribution is -2.39. The highest BCUT2D eigenvalue weighted by molar-refractivity contribution is 5.95. The van der Waals surface area contributed by atoms with Gasteiger partial charge in [0.05, 0.1) is 5.56 Å². The van der Waals surface area contributed by atoms with E-state index in [0.29, 0.717) is 11.6 Å². The second-order valence-electron chi connectivity index (χ2n) is 5.88. The van der Waals surface area contributed by atoms with Crippen molar-refractivity contribution in [2.75, 3.05) is 7.05 Å². The van der Waals surface area contributed by atoms with Crippen LogP contribution in [0.2, 0.25) is 0 Å². The molecule has 114 valence electrons. The minimum atomic E-state index is -0.972. The quantitative estimate of drug-likeness (QED) is 0.924. The molecule has 4 heteroatoms. The average molecular weight is 289 g/mol. The largest absolute Gasteiger partial charge is 0.478 e. The zero-order chi connectivity index (χ0) is 15.4. The molecule has 1 aromatic carbocycles. The van der Waals surface area contributed by atoms with Gasteiger partial charge in [-0.3, -0.25) is 4.79 Å². The summed E-state index contributed by atoms with van der Waals surface area (Å²) < 4.78 is 0. The van der Waals surface area contributed by atoms with Crippen molar-refractivity contribution < 1.29 is 14.7 Å². The Morgan fingerprint density at radius 2 is 1.62 bits per heavy atom. The minimum Gasteiger partial charge on any atom is -0.478 e. The molecule has 1 N–H and O–H groups in total. The van der Waals surface area contributed by atoms with Crippen LogP contribution < -0.4 is 0 Å². The van der Waals surface area contributed by atoms with Crippen LogP contribution in [0.4, 0.5) is 0 Å². The van der Waals surface area contributed by atoms with E-state index in [-0.39, 0.29) is 11.5 Å². The standard InChI is InChI=1S/C17H23NO3/c1-3-12-4-10-15(11-5-12)18(2)16(19)13-6-8-14(9-7-13)17(20)21/h6-9,12,15H,3-5,10-11H2,1-2H3,(H,20,21). The van der Waals surface area contributed by atoms with E-state index < -0.39 is 5.97 Å². The van der Waals surface area contributed by atoms with Crippen molar-refractivity contribution in [3.63, 3.8) is 0 Å². The fraction of sp³-hybridized carbons (Fsp3) is 0.529. The third kappa shape index (κ3) is 3.63. The van der Waals surface area contributed by atoms with Crippen LogP contribution in [-0.4, -0.2) is 35.0 Å². The number of carboxylic acid groups (broad SMARTS) is 1. The number of nitrogens with zero attached hydrogens (tertiary/aromatic N) is 1. The number of amides is 1. The second-order valence-corrected chi connectivity index (χ2v) is 5.88. The molecule has 0 unspecified atom stereocenters. The molecular formula is C17H23NO3. The van der Waals surface area contributed by atoms with Crippen molar-refractivity contribution in [2.45, 2.75) is 45.1 Å². The number of carboxylic acids is 1. The lowest BCUT2D eigenvalue weighted by Gasteiger charge is -2.34. The zero-order valence-corrected chi connectivity index (χ0v) is 12.7. The number of aromatic carboxylic acids is 1. The summed E-state index contributed by atoms with van der Waals surface area (Å²) in [6.45, 7) is 2.23. The average Bonchev–Trinajstić information content (AvgIpc) is 2.53. The molecule has 1 saturated carbocycles. The molecule has 0 spiro atoms. The van der Waals surface area contributed by atoms with Crippen LogP contribution in [-0.2, 0) is 0 Å². The van der Waals surface area contributed by atoms with Crippen LogP contribution in [0.25, 0.3) is 0 Å². The van der Waals surface area contributed by atoms with Crippen LogP contribution in [0.5, 0.6) is 0 Å². The van der Waals surface area contributed by atoms with Crippen molar-refractivity contribution in [2.24, 2.45) is 5.92 Å². The molecule has 0 aromatic heterocycles. The molecule has 1 aliphatic rings. The van der Waals surface area contributed by atoms with Gasteiger partial charge in [-0.15, -0.1) is 0 Å². The van der Waals surface area contributed by atoms with Gasteiger partial charge in [0.1, 0.15) is 0 Å². The lowest BCUT2D eigenvalue weighted by molar-refractivity contribution is 0.0668. The molecular weight excluding hydrogens is 266 g/mol. The Morgan fingerprint density at radius 1 is 1.10 bits per heavy atom. The van der Waals surface area contributed by atoms with Crippen LogP contribution in [0.15, 0.2) is 24.3 Å². The third-order valence-corrected chi connectivity index (χ3v) is 4.64. The Bertz CT molecular complexity index is 501. The van der Waals surface area contributed by atoms with Crippen LogP contribution >= 0.6 is 0 Å². The summed E-state index contributed by atoms with van der Waals surface area (Å²) in [5.74, 6) is -0.188. The van der Waals surface area contributed by atoms with E-state index in [4.69, 9.17) is 5.11 Å². The van der Waals surface area contributed by atoms with Crippen molar-refractivity contribution in [1.82, 2.24) is 4.90 Å². The lowest BCUT2D eigenvalue weighted by atomic mass is 9.84. The van der Waals surface area contributed by atoms with Gasteiger partial charge in [-0.1, -0.05) is 13.3 Å². The van der Waals surface area contributed by atoms with Gasteiger partial charge in [-0.05, 0) is 55.9 Å². The van der Waals surface area contributed by atoms with Gasteiger partial charge in [0.25, 0.3) is 5.91 Å². The van der Waals surface area contributed by atoms with Gasteiger partial charge in [-0.2, -0.15) is 0 Å². The van der Waals surface area contributed by atoms with Gasteiger partial charge in [0, 0.05) is 18.7 Å². The van der Waals surface area contributed by atoms with Crippen molar-refractivity contribution >= 4 is 11.9 Å². The van der Waals surface area contributed by atoms with Crippen molar-refractivity contribution in [3.8, 4) is 0 Å². The van der Waals surface area contributed by atoms with Gasteiger partial charge < -0.3 is 10.0 Å². The number of hydrogen-bond donors (Lipinski definition) is 1. The summed E-state index contributed by atoms with van der Waals surface area (Å²) >= 11 is 0. The molecule has 21 heavy (non-hydrogen) atoms.